The molecule has 3 rings (SSSR count). The second kappa shape index (κ2) is 18.4. The van der Waals surface area contributed by atoms with E-state index in [1.807, 2.05) is 62.3 Å². The summed E-state index contributed by atoms with van der Waals surface area (Å²) in [5, 5.41) is 9.20. The quantitative estimate of drug-likeness (QED) is 0.358. The van der Waals surface area contributed by atoms with Crippen LogP contribution >= 0.6 is 0 Å². The molecule has 159 valence electrons. The van der Waals surface area contributed by atoms with Crippen LogP contribution in [0.15, 0.2) is 32.1 Å². The number of nitrogens with zero attached hydrogens (tertiary/aromatic N) is 3. The van der Waals surface area contributed by atoms with Crippen LogP contribution in [0.25, 0.3) is 0 Å². The third kappa shape index (κ3) is 16.6. The van der Waals surface area contributed by atoms with E-state index in [1.165, 1.54) is 0 Å². The summed E-state index contributed by atoms with van der Waals surface area (Å²) >= 11 is 0. The molecule has 0 saturated heterocycles. The fraction of sp³-hybridized carbons (Fsp3) is 0.571. The molecule has 3 aliphatic heterocycles. The van der Waals surface area contributed by atoms with E-state index >= 15 is 0 Å². The van der Waals surface area contributed by atoms with Crippen molar-refractivity contribution in [3.05, 3.63) is 35.3 Å². The van der Waals surface area contributed by atoms with Crippen molar-refractivity contribution in [2.45, 2.75) is 80.4 Å². The molecule has 0 aromatic heterocycles. The van der Waals surface area contributed by atoms with Gasteiger partial charge in [-0.15, -0.1) is 0 Å². The maximum Gasteiger partial charge on any atom is 0.0922 e. The van der Waals surface area contributed by atoms with E-state index in [1.54, 1.807) is 0 Å². The number of nitrogens with one attached hydrogen (secondary N) is 3. The van der Waals surface area contributed by atoms with E-state index < -0.39 is 0 Å². The smallest absolute Gasteiger partial charge is 0.0922 e. The molecule has 30 heavy (non-hydrogen) atoms. The van der Waals surface area contributed by atoms with Crippen LogP contribution in [0.3, 0.4) is 0 Å². The van der Waals surface area contributed by atoms with Crippen LogP contribution in [0.4, 0.5) is 0 Å². The minimum Gasteiger partial charge on any atom is -0.451 e. The molecule has 9 heteroatoms. The van der Waals surface area contributed by atoms with E-state index in [0.29, 0.717) is 0 Å². The first-order valence-electron chi connectivity index (χ1n) is 9.29. The van der Waals surface area contributed by atoms with Gasteiger partial charge in [-0.3, -0.25) is 0 Å². The molecule has 0 amide bonds. The van der Waals surface area contributed by atoms with Crippen LogP contribution in [-0.4, -0.2) is 35.6 Å². The van der Waals surface area contributed by atoms with E-state index in [4.69, 9.17) is 0 Å². The zero-order valence-electron chi connectivity index (χ0n) is 19.8. The van der Waals surface area contributed by atoms with Gasteiger partial charge in [0.2, 0.25) is 0 Å². The Morgan fingerprint density at radius 1 is 0.500 bits per heavy atom. The van der Waals surface area contributed by atoms with Crippen molar-refractivity contribution in [2.24, 2.45) is 15.0 Å². The van der Waals surface area contributed by atoms with Gasteiger partial charge >= 0.3 is 0 Å². The normalized spacial score (nSPS) is 23.7. The van der Waals surface area contributed by atoms with Gasteiger partial charge in [0.15, 0.2) is 0 Å². The van der Waals surface area contributed by atoms with E-state index in [9.17, 15) is 0 Å². The third-order valence-electron chi connectivity index (χ3n) is 3.54. The Morgan fingerprint density at radius 2 is 0.700 bits per heavy atom. The average molecular weight is 636 g/mol. The van der Waals surface area contributed by atoms with Crippen LogP contribution < -0.4 is 16.0 Å². The molecule has 0 aromatic rings. The number of allylic oxidation sites excluding steroid dienone is 3. The summed E-state index contributed by atoms with van der Waals surface area (Å²) in [6.45, 7) is 17.9. The van der Waals surface area contributed by atoms with Gasteiger partial charge in [-0.25, -0.2) is 0 Å². The van der Waals surface area contributed by atoms with Gasteiger partial charge in [-0.05, 0) is 20.8 Å². The molecule has 3 N–H and O–H groups in total. The van der Waals surface area contributed by atoms with Crippen LogP contribution in [0.5, 0.6) is 0 Å². The molecule has 3 heterocycles. The fourth-order valence-corrected chi connectivity index (χ4v) is 2.93. The zero-order chi connectivity index (χ0) is 20.6. The monoisotopic (exact) mass is 636 g/mol. The van der Waals surface area contributed by atoms with E-state index in [2.05, 4.69) is 49.2 Å². The summed E-state index contributed by atoms with van der Waals surface area (Å²) < 4.78 is 0. The molecule has 0 bridgehead atoms. The molecule has 3 atom stereocenters. The number of aliphatic imine (C=N–C) groups is 3. The fourth-order valence-electron chi connectivity index (χ4n) is 2.93. The average Bonchev–Trinajstić information content (AvgIpc) is 2.43. The zero-order valence-corrected chi connectivity index (χ0v) is 28.3. The SMILES string of the molecule is CC1=[C-][C@H](C)N=C(C)N1.CC1=[C-][C@H](C)N=C(C)N1.CC1=[C-][C@H](C)N=C(C)N1.[Y].[Y].[Y]. The summed E-state index contributed by atoms with van der Waals surface area (Å²) in [7, 11) is 0. The summed E-state index contributed by atoms with van der Waals surface area (Å²) in [5.41, 5.74) is 3.24. The Kier molecular flexibility index (Phi) is 21.8. The Hall–Kier alpha value is 0.942. The first-order chi connectivity index (χ1) is 12.5. The molecular weight excluding hydrogens is 603 g/mol. The second-order valence-electron chi connectivity index (χ2n) is 6.85. The summed E-state index contributed by atoms with van der Waals surface area (Å²) in [6.07, 6.45) is 9.38. The van der Waals surface area contributed by atoms with Gasteiger partial charge in [-0.2, -0.15) is 17.1 Å². The van der Waals surface area contributed by atoms with Gasteiger partial charge in [0.1, 0.15) is 0 Å². The molecule has 3 radical (unpaired) electrons. The summed E-state index contributed by atoms with van der Waals surface area (Å²) in [5.74, 6) is 2.95. The molecule has 3 aliphatic rings. The molecule has 0 aromatic carbocycles. The van der Waals surface area contributed by atoms with Crippen molar-refractivity contribution < 1.29 is 98.1 Å². The first-order valence-corrected chi connectivity index (χ1v) is 9.29. The number of hydrogen-bond acceptors (Lipinski definition) is 6. The minimum atomic E-state index is 0. The molecule has 0 fully saturated rings. The van der Waals surface area contributed by atoms with Gasteiger partial charge in [-0.1, -0.05) is 59.7 Å². The van der Waals surface area contributed by atoms with Crippen LogP contribution in [-0.2, 0) is 98.1 Å². The van der Waals surface area contributed by atoms with Crippen LogP contribution in [0.2, 0.25) is 0 Å². The molecule has 0 spiro atoms. The predicted molar refractivity (Wildman–Crippen MR) is 114 cm³/mol. The molecule has 0 saturated carbocycles. The van der Waals surface area contributed by atoms with E-state index in [-0.39, 0.29) is 116 Å². The Morgan fingerprint density at radius 3 is 0.833 bits per heavy atom. The molecule has 0 unspecified atom stereocenters. The standard InChI is InChI=1S/3C7H11N2.3Y/c3*1-5-4-6(2)9-7(3)8-5;;;/h3*5H,1-3H3,(H,8,9);;;/q3*-1;;;/t3*5-;;;/m000.../s1. The Labute approximate surface area is 258 Å². The van der Waals surface area contributed by atoms with Crippen LogP contribution in [0.1, 0.15) is 62.3 Å². The molecule has 6 nitrogen and oxygen atoms in total. The molecular formula is C21H33N6Y3-3. The Bertz CT molecular complexity index is 558. The van der Waals surface area contributed by atoms with Crippen molar-refractivity contribution in [3.8, 4) is 0 Å². The van der Waals surface area contributed by atoms with Gasteiger partial charge in [0, 0.05) is 98.1 Å². The minimum absolute atomic E-state index is 0. The van der Waals surface area contributed by atoms with Gasteiger partial charge in [0.25, 0.3) is 0 Å². The maximum absolute atomic E-state index is 4.21. The van der Waals surface area contributed by atoms with Gasteiger partial charge in [0.05, 0.1) is 17.5 Å². The predicted octanol–water partition coefficient (Wildman–Crippen LogP) is 3.30. The van der Waals surface area contributed by atoms with Gasteiger partial charge < -0.3 is 49.2 Å². The van der Waals surface area contributed by atoms with Crippen LogP contribution in [0, 0.1) is 18.2 Å². The van der Waals surface area contributed by atoms with Crippen molar-refractivity contribution in [2.75, 3.05) is 0 Å². The topological polar surface area (TPSA) is 73.2 Å². The van der Waals surface area contributed by atoms with Crippen molar-refractivity contribution in [1.29, 1.82) is 0 Å². The third-order valence-corrected chi connectivity index (χ3v) is 3.54. The number of rotatable bonds is 0. The van der Waals surface area contributed by atoms with Crippen molar-refractivity contribution in [3.63, 3.8) is 0 Å². The first kappa shape index (κ1) is 35.5. The number of hydrogen-bond donors (Lipinski definition) is 3. The summed E-state index contributed by atoms with van der Waals surface area (Å²) in [4.78, 5) is 12.6. The Balaban J connectivity index is -0.000000347. The van der Waals surface area contributed by atoms with Crippen molar-refractivity contribution >= 4 is 17.5 Å². The molecule has 0 aliphatic carbocycles. The summed E-state index contributed by atoms with van der Waals surface area (Å²) in [6, 6.07) is 0.684. The second-order valence-corrected chi connectivity index (χ2v) is 6.85. The van der Waals surface area contributed by atoms with Crippen molar-refractivity contribution in [1.82, 2.24) is 16.0 Å². The van der Waals surface area contributed by atoms with E-state index in [0.717, 1.165) is 34.6 Å². The maximum atomic E-state index is 4.21. The largest absolute Gasteiger partial charge is 0.451 e. The number of amidine groups is 3.